The summed E-state index contributed by atoms with van der Waals surface area (Å²) in [4.78, 5) is 28.4. The van der Waals surface area contributed by atoms with Crippen LogP contribution in [-0.4, -0.2) is 35.7 Å². The van der Waals surface area contributed by atoms with E-state index >= 15 is 0 Å². The van der Waals surface area contributed by atoms with Crippen LogP contribution in [0.4, 0.5) is 0 Å². The molecule has 1 aromatic heterocycles. The Morgan fingerprint density at radius 2 is 1.81 bits per heavy atom. The second-order valence-corrected chi connectivity index (χ2v) is 4.91. The third kappa shape index (κ3) is 3.40. The van der Waals surface area contributed by atoms with Gasteiger partial charge in [-0.1, -0.05) is 5.92 Å². The number of benzene rings is 1. The second-order valence-electron chi connectivity index (χ2n) is 4.91. The fourth-order valence-electron chi connectivity index (χ4n) is 1.87. The molecule has 0 bridgehead atoms. The number of carbonyl (C=O) groups excluding carboxylic acids is 2. The maximum atomic E-state index is 12.3. The molecule has 0 atom stereocenters. The van der Waals surface area contributed by atoms with Crippen molar-refractivity contribution in [3.05, 3.63) is 58.9 Å². The number of hydrogen-bond donors (Lipinski definition) is 1. The number of aromatic amines is 1. The van der Waals surface area contributed by atoms with Crippen LogP contribution in [0.3, 0.4) is 0 Å². The van der Waals surface area contributed by atoms with Crippen molar-refractivity contribution in [2.24, 2.45) is 0 Å². The maximum absolute atomic E-state index is 12.3. The average molecular weight is 280 g/mol. The van der Waals surface area contributed by atoms with Gasteiger partial charge >= 0.3 is 0 Å². The highest BCUT2D eigenvalue weighted by Crippen LogP contribution is 2.12. The molecule has 2 aromatic rings. The molecule has 4 nitrogen and oxygen atoms in total. The van der Waals surface area contributed by atoms with Crippen LogP contribution in [0.25, 0.3) is 0 Å². The van der Waals surface area contributed by atoms with Gasteiger partial charge in [0.1, 0.15) is 0 Å². The molecule has 0 unspecified atom stereocenters. The third-order valence-electron chi connectivity index (χ3n) is 3.15. The van der Waals surface area contributed by atoms with E-state index in [1.807, 2.05) is 0 Å². The number of likely N-dealkylation sites (N-methyl/N-ethyl adjacent to an activating group) is 1. The maximum Gasteiger partial charge on any atom is 0.227 e. The molecule has 0 aliphatic rings. The molecule has 0 fully saturated rings. The lowest BCUT2D eigenvalue weighted by atomic mass is 10.1. The zero-order chi connectivity index (χ0) is 15.4. The van der Waals surface area contributed by atoms with Gasteiger partial charge in [0, 0.05) is 30.9 Å². The first-order chi connectivity index (χ1) is 10.0. The van der Waals surface area contributed by atoms with Crippen LogP contribution in [0.2, 0.25) is 0 Å². The molecule has 106 valence electrons. The van der Waals surface area contributed by atoms with Crippen molar-refractivity contribution < 1.29 is 9.59 Å². The van der Waals surface area contributed by atoms with Gasteiger partial charge in [-0.15, -0.1) is 6.42 Å². The lowest BCUT2D eigenvalue weighted by Gasteiger charge is -2.08. The van der Waals surface area contributed by atoms with E-state index in [1.165, 1.54) is 4.90 Å². The number of nitrogens with zero attached hydrogens (tertiary/aromatic N) is 1. The summed E-state index contributed by atoms with van der Waals surface area (Å²) >= 11 is 0. The minimum atomic E-state index is -0.123. The molecule has 0 radical (unpaired) electrons. The quantitative estimate of drug-likeness (QED) is 0.686. The second kappa shape index (κ2) is 6.10. The Labute approximate surface area is 123 Å². The zero-order valence-corrected chi connectivity index (χ0v) is 12.0. The number of ketones is 1. The van der Waals surface area contributed by atoms with Gasteiger partial charge in [-0.2, -0.15) is 0 Å². The first-order valence-electron chi connectivity index (χ1n) is 6.50. The zero-order valence-electron chi connectivity index (χ0n) is 12.0. The summed E-state index contributed by atoms with van der Waals surface area (Å²) in [5, 5.41) is 0. The van der Waals surface area contributed by atoms with Crippen molar-refractivity contribution >= 4 is 11.7 Å². The van der Waals surface area contributed by atoms with E-state index in [4.69, 9.17) is 6.42 Å². The molecule has 2 rings (SSSR count). The van der Waals surface area contributed by atoms with Crippen LogP contribution in [0, 0.1) is 12.3 Å². The molecule has 0 saturated heterocycles. The first kappa shape index (κ1) is 14.6. The van der Waals surface area contributed by atoms with Crippen molar-refractivity contribution in [2.45, 2.75) is 6.42 Å². The number of aromatic nitrogens is 1. The van der Waals surface area contributed by atoms with E-state index < -0.39 is 0 Å². The van der Waals surface area contributed by atoms with E-state index in [0.29, 0.717) is 11.3 Å². The van der Waals surface area contributed by atoms with Crippen LogP contribution in [0.1, 0.15) is 27.3 Å². The Kier molecular flexibility index (Phi) is 4.24. The molecule has 0 aliphatic carbocycles. The van der Waals surface area contributed by atoms with Crippen LogP contribution < -0.4 is 0 Å². The summed E-state index contributed by atoms with van der Waals surface area (Å²) in [5.74, 6) is 2.37. The Morgan fingerprint density at radius 1 is 1.14 bits per heavy atom. The Hall–Kier alpha value is -2.80. The highest BCUT2D eigenvalue weighted by molar-refractivity contribution is 6.07. The highest BCUT2D eigenvalue weighted by atomic mass is 16.2. The van der Waals surface area contributed by atoms with E-state index in [-0.39, 0.29) is 18.1 Å². The SMILES string of the molecule is C#Cc1ccc(C(=O)c2ccc(CC(=O)N(C)C)[nH]2)cc1. The molecule has 0 spiro atoms. The number of carbonyl (C=O) groups is 2. The van der Waals surface area contributed by atoms with Crippen molar-refractivity contribution in [3.8, 4) is 12.3 Å². The summed E-state index contributed by atoms with van der Waals surface area (Å²) in [6, 6.07) is 10.3. The standard InChI is InChI=1S/C17H16N2O2/c1-4-12-5-7-13(8-6-12)17(21)15-10-9-14(18-15)11-16(20)19(2)3/h1,5-10,18H,11H2,2-3H3. The van der Waals surface area contributed by atoms with Gasteiger partial charge in [0.05, 0.1) is 12.1 Å². The number of terminal acetylenes is 1. The predicted molar refractivity (Wildman–Crippen MR) is 81.0 cm³/mol. The summed E-state index contributed by atoms with van der Waals surface area (Å²) < 4.78 is 0. The van der Waals surface area contributed by atoms with E-state index in [2.05, 4.69) is 10.9 Å². The summed E-state index contributed by atoms with van der Waals surface area (Å²) in [6.07, 6.45) is 5.53. The lowest BCUT2D eigenvalue weighted by Crippen LogP contribution is -2.23. The van der Waals surface area contributed by atoms with Crippen LogP contribution >= 0.6 is 0 Å². The number of nitrogens with one attached hydrogen (secondary N) is 1. The van der Waals surface area contributed by atoms with Gasteiger partial charge in [0.15, 0.2) is 0 Å². The molecular weight excluding hydrogens is 264 g/mol. The van der Waals surface area contributed by atoms with E-state index in [1.54, 1.807) is 50.5 Å². The molecule has 1 amide bonds. The molecule has 0 saturated carbocycles. The molecule has 1 heterocycles. The number of H-pyrrole nitrogens is 1. The molecule has 0 aliphatic heterocycles. The largest absolute Gasteiger partial charge is 0.355 e. The van der Waals surface area contributed by atoms with Gasteiger partial charge in [0.25, 0.3) is 0 Å². The Morgan fingerprint density at radius 3 is 2.38 bits per heavy atom. The van der Waals surface area contributed by atoms with Crippen molar-refractivity contribution in [2.75, 3.05) is 14.1 Å². The van der Waals surface area contributed by atoms with E-state index in [0.717, 1.165) is 11.3 Å². The third-order valence-corrected chi connectivity index (χ3v) is 3.15. The predicted octanol–water partition coefficient (Wildman–Crippen LogP) is 1.86. The van der Waals surface area contributed by atoms with Crippen molar-refractivity contribution in [3.63, 3.8) is 0 Å². The minimum Gasteiger partial charge on any atom is -0.355 e. The van der Waals surface area contributed by atoms with Gasteiger partial charge in [-0.25, -0.2) is 0 Å². The normalized spacial score (nSPS) is 9.95. The summed E-state index contributed by atoms with van der Waals surface area (Å²) in [7, 11) is 3.40. The van der Waals surface area contributed by atoms with Gasteiger partial charge in [-0.3, -0.25) is 9.59 Å². The molecular formula is C17H16N2O2. The van der Waals surface area contributed by atoms with Crippen molar-refractivity contribution in [1.82, 2.24) is 9.88 Å². The lowest BCUT2D eigenvalue weighted by molar-refractivity contribution is -0.128. The molecule has 1 N–H and O–H groups in total. The summed E-state index contributed by atoms with van der Waals surface area (Å²) in [5.41, 5.74) is 2.47. The Balaban J connectivity index is 2.15. The molecule has 21 heavy (non-hydrogen) atoms. The van der Waals surface area contributed by atoms with E-state index in [9.17, 15) is 9.59 Å². The van der Waals surface area contributed by atoms with Gasteiger partial charge in [-0.05, 0) is 36.4 Å². The molecule has 1 aromatic carbocycles. The fourth-order valence-corrected chi connectivity index (χ4v) is 1.87. The van der Waals surface area contributed by atoms with Gasteiger partial charge < -0.3 is 9.88 Å². The van der Waals surface area contributed by atoms with Gasteiger partial charge in [0.2, 0.25) is 11.7 Å². The van der Waals surface area contributed by atoms with Crippen LogP contribution in [0.15, 0.2) is 36.4 Å². The van der Waals surface area contributed by atoms with Crippen LogP contribution in [-0.2, 0) is 11.2 Å². The molecule has 4 heteroatoms. The first-order valence-corrected chi connectivity index (χ1v) is 6.50. The van der Waals surface area contributed by atoms with Crippen LogP contribution in [0.5, 0.6) is 0 Å². The topological polar surface area (TPSA) is 53.2 Å². The number of hydrogen-bond acceptors (Lipinski definition) is 2. The monoisotopic (exact) mass is 280 g/mol. The smallest absolute Gasteiger partial charge is 0.227 e. The summed E-state index contributed by atoms with van der Waals surface area (Å²) in [6.45, 7) is 0. The number of rotatable bonds is 4. The average Bonchev–Trinajstić information content (AvgIpc) is 2.95. The number of amides is 1. The minimum absolute atomic E-state index is 0.0192. The highest BCUT2D eigenvalue weighted by Gasteiger charge is 2.13. The van der Waals surface area contributed by atoms with Crippen molar-refractivity contribution in [1.29, 1.82) is 0 Å². The Bertz CT molecular complexity index is 703. The fraction of sp³-hybridized carbons (Fsp3) is 0.176.